The molecule has 2 aromatic carbocycles. The number of benzene rings is 2. The van der Waals surface area contributed by atoms with E-state index in [1.165, 1.54) is 0 Å². The lowest BCUT2D eigenvalue weighted by Crippen LogP contribution is -2.48. The summed E-state index contributed by atoms with van der Waals surface area (Å²) < 4.78 is 51.9. The lowest BCUT2D eigenvalue weighted by Gasteiger charge is -2.43. The largest absolute Gasteiger partial charge is 0.471 e. The van der Waals surface area contributed by atoms with Crippen LogP contribution in [-0.4, -0.2) is 82.4 Å². The van der Waals surface area contributed by atoms with E-state index in [0.717, 1.165) is 30.5 Å². The third-order valence-electron chi connectivity index (χ3n) is 8.76. The SMILES string of the molecule is C[C@H]1[C@@H](CN2CCC[C@H]2CO)O[C@@H](c2ccc(NC(=O)[C@@H]3CCCN3C(=O)C(F)(F)F)cc2)O[C@H]1c1ccc(CO)cc1. The fourth-order valence-corrected chi connectivity index (χ4v) is 6.30. The molecule has 6 atom stereocenters. The maximum absolute atomic E-state index is 13.0. The Morgan fingerprint density at radius 2 is 1.63 bits per heavy atom. The Labute approximate surface area is 248 Å². The molecule has 3 N–H and O–H groups in total. The van der Waals surface area contributed by atoms with Crippen molar-refractivity contribution in [2.75, 3.05) is 31.6 Å². The molecule has 2 aromatic rings. The number of aliphatic hydroxyl groups is 2. The number of aliphatic hydroxyl groups excluding tert-OH is 2. The van der Waals surface area contributed by atoms with Gasteiger partial charge in [0.05, 0.1) is 25.4 Å². The Balaban J connectivity index is 1.31. The number of nitrogens with zero attached hydrogens (tertiary/aromatic N) is 2. The zero-order valence-corrected chi connectivity index (χ0v) is 24.0. The van der Waals surface area contributed by atoms with Gasteiger partial charge in [0.1, 0.15) is 6.04 Å². The Morgan fingerprint density at radius 1 is 0.953 bits per heavy atom. The van der Waals surface area contributed by atoms with Gasteiger partial charge in [-0.2, -0.15) is 13.2 Å². The van der Waals surface area contributed by atoms with Gasteiger partial charge in [-0.1, -0.05) is 43.3 Å². The summed E-state index contributed by atoms with van der Waals surface area (Å²) in [5.41, 5.74) is 2.81. The number of carbonyl (C=O) groups excluding carboxylic acids is 2. The molecule has 3 saturated heterocycles. The van der Waals surface area contributed by atoms with E-state index in [1.807, 2.05) is 24.3 Å². The summed E-state index contributed by atoms with van der Waals surface area (Å²) in [5, 5.41) is 22.0. The Kier molecular flexibility index (Phi) is 9.72. The van der Waals surface area contributed by atoms with Crippen molar-refractivity contribution in [2.24, 2.45) is 5.92 Å². The minimum absolute atomic E-state index is 0.0245. The zero-order chi connectivity index (χ0) is 30.7. The first-order valence-electron chi connectivity index (χ1n) is 14.7. The number of hydrogen-bond acceptors (Lipinski definition) is 7. The van der Waals surface area contributed by atoms with Gasteiger partial charge in [0.2, 0.25) is 5.91 Å². The predicted molar refractivity (Wildman–Crippen MR) is 151 cm³/mol. The lowest BCUT2D eigenvalue weighted by atomic mass is 9.90. The molecule has 0 spiro atoms. The van der Waals surface area contributed by atoms with Crippen LogP contribution >= 0.6 is 0 Å². The first-order valence-corrected chi connectivity index (χ1v) is 14.7. The average Bonchev–Trinajstić information content (AvgIpc) is 3.67. The van der Waals surface area contributed by atoms with E-state index >= 15 is 0 Å². The number of carbonyl (C=O) groups is 2. The molecule has 3 aliphatic heterocycles. The first-order chi connectivity index (χ1) is 20.6. The van der Waals surface area contributed by atoms with Crippen LogP contribution in [0, 0.1) is 5.92 Å². The minimum Gasteiger partial charge on any atom is -0.395 e. The summed E-state index contributed by atoms with van der Waals surface area (Å²) in [6, 6.07) is 13.2. The fraction of sp³-hybridized carbons (Fsp3) is 0.548. The third-order valence-corrected chi connectivity index (χ3v) is 8.76. The van der Waals surface area contributed by atoms with Gasteiger partial charge in [-0.05, 0) is 55.5 Å². The van der Waals surface area contributed by atoms with Gasteiger partial charge >= 0.3 is 12.1 Å². The molecule has 3 aliphatic rings. The van der Waals surface area contributed by atoms with E-state index < -0.39 is 30.3 Å². The molecule has 0 aromatic heterocycles. The van der Waals surface area contributed by atoms with E-state index in [-0.39, 0.29) is 50.3 Å². The van der Waals surface area contributed by atoms with E-state index in [0.29, 0.717) is 29.1 Å². The average molecular weight is 606 g/mol. The number of halogens is 3. The third kappa shape index (κ3) is 7.04. The van der Waals surface area contributed by atoms with Crippen molar-refractivity contribution in [3.05, 3.63) is 65.2 Å². The summed E-state index contributed by atoms with van der Waals surface area (Å²) in [5.74, 6) is -2.70. The highest BCUT2D eigenvalue weighted by Gasteiger charge is 2.47. The Hall–Kier alpha value is -3.03. The van der Waals surface area contributed by atoms with Gasteiger partial charge in [0, 0.05) is 36.3 Å². The molecule has 9 nitrogen and oxygen atoms in total. The second-order valence-electron chi connectivity index (χ2n) is 11.6. The van der Waals surface area contributed by atoms with Crippen LogP contribution in [0.15, 0.2) is 48.5 Å². The monoisotopic (exact) mass is 605 g/mol. The minimum atomic E-state index is -5.04. The van der Waals surface area contributed by atoms with Crippen molar-refractivity contribution < 1.29 is 42.4 Å². The van der Waals surface area contributed by atoms with E-state index in [4.69, 9.17) is 9.47 Å². The number of likely N-dealkylation sites (tertiary alicyclic amines) is 2. The number of hydrogen-bond donors (Lipinski definition) is 3. The molecular weight excluding hydrogens is 567 g/mol. The molecule has 3 heterocycles. The van der Waals surface area contributed by atoms with Crippen LogP contribution in [0.1, 0.15) is 61.7 Å². The predicted octanol–water partition coefficient (Wildman–Crippen LogP) is 3.92. The van der Waals surface area contributed by atoms with Crippen LogP contribution in [0.5, 0.6) is 0 Å². The second-order valence-corrected chi connectivity index (χ2v) is 11.6. The van der Waals surface area contributed by atoms with Crippen LogP contribution in [-0.2, 0) is 25.7 Å². The van der Waals surface area contributed by atoms with Crippen LogP contribution in [0.2, 0.25) is 0 Å². The van der Waals surface area contributed by atoms with E-state index in [9.17, 15) is 33.0 Å². The molecule has 0 radical (unpaired) electrons. The Bertz CT molecular complexity index is 1260. The van der Waals surface area contributed by atoms with Gasteiger partial charge < -0.3 is 29.9 Å². The summed E-state index contributed by atoms with van der Waals surface area (Å²) >= 11 is 0. The quantitative estimate of drug-likeness (QED) is 0.419. The molecule has 5 rings (SSSR count). The van der Waals surface area contributed by atoms with Crippen molar-refractivity contribution in [1.82, 2.24) is 9.80 Å². The topological polar surface area (TPSA) is 112 Å². The number of anilines is 1. The highest BCUT2D eigenvalue weighted by Crippen LogP contribution is 2.42. The molecule has 12 heteroatoms. The van der Waals surface area contributed by atoms with Gasteiger partial charge in [-0.3, -0.25) is 14.5 Å². The van der Waals surface area contributed by atoms with Crippen molar-refractivity contribution in [2.45, 2.75) is 76.0 Å². The number of rotatable bonds is 8. The van der Waals surface area contributed by atoms with Crippen LogP contribution in [0.25, 0.3) is 0 Å². The zero-order valence-electron chi connectivity index (χ0n) is 24.0. The van der Waals surface area contributed by atoms with Gasteiger partial charge in [-0.25, -0.2) is 0 Å². The number of amides is 2. The molecule has 0 unspecified atom stereocenters. The maximum atomic E-state index is 13.0. The standard InChI is InChI=1S/C31H38F3N3O6/c1-19-26(16-36-14-2-4-24(36)18-39)42-29(43-27(19)21-8-6-20(17-38)7-9-21)22-10-12-23(13-11-22)35-28(40)25-5-3-15-37(25)30(41)31(32,33)34/h6-13,19,24-27,29,38-39H,2-5,14-18H2,1H3,(H,35,40)/t19-,24-,25-,26+,27+,29+/m0/s1. The molecule has 0 bridgehead atoms. The number of ether oxygens (including phenoxy) is 2. The van der Waals surface area contributed by atoms with Crippen molar-refractivity contribution >= 4 is 17.5 Å². The highest BCUT2D eigenvalue weighted by molar-refractivity contribution is 5.98. The molecule has 0 aliphatic carbocycles. The normalized spacial score (nSPS) is 28.3. The van der Waals surface area contributed by atoms with E-state index in [2.05, 4.69) is 17.1 Å². The Morgan fingerprint density at radius 3 is 2.28 bits per heavy atom. The van der Waals surface area contributed by atoms with Crippen molar-refractivity contribution in [3.63, 3.8) is 0 Å². The molecule has 43 heavy (non-hydrogen) atoms. The summed E-state index contributed by atoms with van der Waals surface area (Å²) in [6.45, 7) is 3.48. The van der Waals surface area contributed by atoms with E-state index in [1.54, 1.807) is 24.3 Å². The molecular formula is C31H38F3N3O6. The smallest absolute Gasteiger partial charge is 0.395 e. The summed E-state index contributed by atoms with van der Waals surface area (Å²) in [7, 11) is 0. The molecule has 0 saturated carbocycles. The lowest BCUT2D eigenvalue weighted by molar-refractivity contribution is -0.276. The highest BCUT2D eigenvalue weighted by atomic mass is 19.4. The molecule has 2 amide bonds. The first kappa shape index (κ1) is 31.4. The van der Waals surface area contributed by atoms with Crippen LogP contribution < -0.4 is 5.32 Å². The number of nitrogens with one attached hydrogen (secondary N) is 1. The fourth-order valence-electron chi connectivity index (χ4n) is 6.30. The van der Waals surface area contributed by atoms with Crippen LogP contribution in [0.3, 0.4) is 0 Å². The van der Waals surface area contributed by atoms with Crippen LogP contribution in [0.4, 0.5) is 18.9 Å². The van der Waals surface area contributed by atoms with Crippen molar-refractivity contribution in [1.29, 1.82) is 0 Å². The molecule has 234 valence electrons. The summed E-state index contributed by atoms with van der Waals surface area (Å²) in [4.78, 5) is 27.4. The van der Waals surface area contributed by atoms with Gasteiger partial charge in [0.25, 0.3) is 0 Å². The number of alkyl halides is 3. The second kappa shape index (κ2) is 13.3. The van der Waals surface area contributed by atoms with Crippen molar-refractivity contribution in [3.8, 4) is 0 Å². The van der Waals surface area contributed by atoms with Gasteiger partial charge in [0.15, 0.2) is 6.29 Å². The maximum Gasteiger partial charge on any atom is 0.471 e. The van der Waals surface area contributed by atoms with Gasteiger partial charge in [-0.15, -0.1) is 0 Å². The summed E-state index contributed by atoms with van der Waals surface area (Å²) in [6.07, 6.45) is -3.89. The molecule has 3 fully saturated rings.